The van der Waals surface area contributed by atoms with Gasteiger partial charge in [-0.1, -0.05) is 11.8 Å². The molecule has 1 N–H and O–H groups in total. The quantitative estimate of drug-likeness (QED) is 0.876. The van der Waals surface area contributed by atoms with Crippen LogP contribution in [-0.2, 0) is 9.59 Å². The first-order valence-corrected chi connectivity index (χ1v) is 8.54. The van der Waals surface area contributed by atoms with E-state index in [1.54, 1.807) is 30.2 Å². The van der Waals surface area contributed by atoms with Crippen LogP contribution >= 0.6 is 11.8 Å². The Hall–Kier alpha value is -2.22. The van der Waals surface area contributed by atoms with Gasteiger partial charge in [-0.15, -0.1) is 0 Å². The number of thioether (sulfide) groups is 1. The number of hydrogen-bond donors (Lipinski definition) is 1. The first kappa shape index (κ1) is 16.6. The largest absolute Gasteiger partial charge is 0.497 e. The maximum absolute atomic E-state index is 12.4. The Morgan fingerprint density at radius 1 is 1.42 bits per heavy atom. The molecule has 2 aliphatic heterocycles. The molecule has 24 heavy (non-hydrogen) atoms. The van der Waals surface area contributed by atoms with Crippen molar-refractivity contribution in [3.8, 4) is 11.5 Å². The fourth-order valence-corrected chi connectivity index (χ4v) is 3.84. The van der Waals surface area contributed by atoms with E-state index in [2.05, 4.69) is 10.3 Å². The summed E-state index contributed by atoms with van der Waals surface area (Å²) in [6.07, 6.45) is 0.967. The molecule has 1 unspecified atom stereocenters. The fourth-order valence-electron chi connectivity index (χ4n) is 2.65. The van der Waals surface area contributed by atoms with Gasteiger partial charge >= 0.3 is 0 Å². The van der Waals surface area contributed by atoms with Gasteiger partial charge in [-0.05, 0) is 18.6 Å². The van der Waals surface area contributed by atoms with Crippen LogP contribution in [0.25, 0.3) is 0 Å². The van der Waals surface area contributed by atoms with Gasteiger partial charge in [-0.25, -0.2) is 0 Å². The number of amides is 2. The summed E-state index contributed by atoms with van der Waals surface area (Å²) in [4.78, 5) is 30.7. The summed E-state index contributed by atoms with van der Waals surface area (Å²) in [7, 11) is 3.09. The molecule has 0 aromatic heterocycles. The van der Waals surface area contributed by atoms with Crippen molar-refractivity contribution in [2.75, 3.05) is 32.6 Å². The highest BCUT2D eigenvalue weighted by Crippen LogP contribution is 2.33. The number of carbonyl (C=O) groups is 2. The number of benzene rings is 1. The van der Waals surface area contributed by atoms with E-state index in [4.69, 9.17) is 9.47 Å². The number of aliphatic imine (C=N–C) groups is 1. The van der Waals surface area contributed by atoms with E-state index >= 15 is 0 Å². The highest BCUT2D eigenvalue weighted by atomic mass is 32.2. The average Bonchev–Trinajstić information content (AvgIpc) is 2.91. The predicted molar refractivity (Wildman–Crippen MR) is 92.8 cm³/mol. The lowest BCUT2D eigenvalue weighted by molar-refractivity contribution is -0.128. The van der Waals surface area contributed by atoms with E-state index in [0.717, 1.165) is 18.1 Å². The van der Waals surface area contributed by atoms with Crippen LogP contribution in [0.15, 0.2) is 23.2 Å². The van der Waals surface area contributed by atoms with E-state index in [9.17, 15) is 9.59 Å². The molecule has 0 radical (unpaired) electrons. The molecule has 2 aliphatic rings. The van der Waals surface area contributed by atoms with Crippen LogP contribution in [0.4, 0.5) is 5.69 Å². The molecule has 0 bridgehead atoms. The van der Waals surface area contributed by atoms with E-state index in [-0.39, 0.29) is 18.2 Å². The number of nitrogens with one attached hydrogen (secondary N) is 1. The first-order valence-electron chi connectivity index (χ1n) is 7.66. The molecule has 3 rings (SSSR count). The smallest absolute Gasteiger partial charge is 0.242 e. The zero-order chi connectivity index (χ0) is 17.1. The van der Waals surface area contributed by atoms with Crippen molar-refractivity contribution in [3.05, 3.63) is 18.2 Å². The van der Waals surface area contributed by atoms with Crippen LogP contribution in [0.5, 0.6) is 11.5 Å². The summed E-state index contributed by atoms with van der Waals surface area (Å²) in [6.45, 7) is 1.43. The Labute approximate surface area is 144 Å². The first-order chi connectivity index (χ1) is 11.6. The Morgan fingerprint density at radius 3 is 2.96 bits per heavy atom. The second-order valence-electron chi connectivity index (χ2n) is 5.43. The SMILES string of the molecule is COc1ccc(OC)c(NC(=O)CC2SC3=NCCCN3C2=O)c1. The van der Waals surface area contributed by atoms with Crippen molar-refractivity contribution in [2.45, 2.75) is 18.1 Å². The van der Waals surface area contributed by atoms with Gasteiger partial charge in [-0.3, -0.25) is 19.5 Å². The third-order valence-corrected chi connectivity index (χ3v) is 5.07. The average molecular weight is 349 g/mol. The third kappa shape index (κ3) is 3.33. The lowest BCUT2D eigenvalue weighted by atomic mass is 10.2. The summed E-state index contributed by atoms with van der Waals surface area (Å²) in [5.41, 5.74) is 0.521. The number of amidine groups is 1. The molecule has 0 aliphatic carbocycles. The minimum Gasteiger partial charge on any atom is -0.497 e. The summed E-state index contributed by atoms with van der Waals surface area (Å²) < 4.78 is 10.4. The maximum Gasteiger partial charge on any atom is 0.242 e. The molecule has 1 saturated heterocycles. The number of nitrogens with zero attached hydrogens (tertiary/aromatic N) is 2. The maximum atomic E-state index is 12.4. The predicted octanol–water partition coefficient (Wildman–Crippen LogP) is 1.74. The van der Waals surface area contributed by atoms with E-state index in [1.807, 2.05) is 0 Å². The highest BCUT2D eigenvalue weighted by molar-refractivity contribution is 8.15. The zero-order valence-corrected chi connectivity index (χ0v) is 14.4. The van der Waals surface area contributed by atoms with Crippen LogP contribution in [-0.4, -0.2) is 54.4 Å². The number of ether oxygens (including phenoxy) is 2. The molecule has 2 amide bonds. The van der Waals surface area contributed by atoms with Crippen LogP contribution < -0.4 is 14.8 Å². The number of carbonyl (C=O) groups excluding carboxylic acids is 2. The fraction of sp³-hybridized carbons (Fsp3) is 0.438. The normalized spacial score (nSPS) is 19.6. The molecule has 8 heteroatoms. The lowest BCUT2D eigenvalue weighted by Gasteiger charge is -2.19. The Bertz CT molecular complexity index is 692. The molecule has 0 spiro atoms. The second-order valence-corrected chi connectivity index (χ2v) is 6.60. The van der Waals surface area contributed by atoms with Crippen molar-refractivity contribution in [3.63, 3.8) is 0 Å². The summed E-state index contributed by atoms with van der Waals surface area (Å²) in [5, 5.41) is 3.12. The van der Waals surface area contributed by atoms with Crippen molar-refractivity contribution < 1.29 is 19.1 Å². The Morgan fingerprint density at radius 2 is 2.25 bits per heavy atom. The van der Waals surface area contributed by atoms with E-state index < -0.39 is 5.25 Å². The van der Waals surface area contributed by atoms with Gasteiger partial charge in [0.2, 0.25) is 11.8 Å². The Kier molecular flexibility index (Phi) is 4.94. The Balaban J connectivity index is 1.67. The van der Waals surface area contributed by atoms with Gasteiger partial charge in [0.15, 0.2) is 5.17 Å². The third-order valence-electron chi connectivity index (χ3n) is 3.86. The molecular weight excluding hydrogens is 330 g/mol. The van der Waals surface area contributed by atoms with Gasteiger partial charge in [0.25, 0.3) is 0 Å². The van der Waals surface area contributed by atoms with Gasteiger partial charge < -0.3 is 14.8 Å². The van der Waals surface area contributed by atoms with E-state index in [1.165, 1.54) is 18.9 Å². The number of anilines is 1. The molecular formula is C16H19N3O4S. The van der Waals surface area contributed by atoms with E-state index in [0.29, 0.717) is 23.7 Å². The molecule has 1 fully saturated rings. The molecule has 1 atom stereocenters. The van der Waals surface area contributed by atoms with Gasteiger partial charge in [0, 0.05) is 25.6 Å². The van der Waals surface area contributed by atoms with Crippen LogP contribution in [0, 0.1) is 0 Å². The highest BCUT2D eigenvalue weighted by Gasteiger charge is 2.39. The molecule has 1 aromatic rings. The van der Waals surface area contributed by atoms with Gasteiger partial charge in [-0.2, -0.15) is 0 Å². The molecule has 7 nitrogen and oxygen atoms in total. The number of rotatable bonds is 5. The lowest BCUT2D eigenvalue weighted by Crippen LogP contribution is -2.36. The second kappa shape index (κ2) is 7.12. The molecule has 128 valence electrons. The zero-order valence-electron chi connectivity index (χ0n) is 13.6. The number of methoxy groups -OCH3 is 2. The van der Waals surface area contributed by atoms with Gasteiger partial charge in [0.05, 0.1) is 19.9 Å². The summed E-state index contributed by atoms with van der Waals surface area (Å²) in [5.74, 6) is 0.874. The monoisotopic (exact) mass is 349 g/mol. The topological polar surface area (TPSA) is 80.2 Å². The summed E-state index contributed by atoms with van der Waals surface area (Å²) in [6, 6.07) is 5.16. The number of hydrogen-bond acceptors (Lipinski definition) is 6. The number of fused-ring (bicyclic) bond motifs is 1. The van der Waals surface area contributed by atoms with Crippen LogP contribution in [0.2, 0.25) is 0 Å². The minimum atomic E-state index is -0.418. The van der Waals surface area contributed by atoms with Crippen molar-refractivity contribution in [1.29, 1.82) is 0 Å². The van der Waals surface area contributed by atoms with Crippen molar-refractivity contribution >= 4 is 34.4 Å². The van der Waals surface area contributed by atoms with Gasteiger partial charge in [0.1, 0.15) is 16.7 Å². The molecule has 2 heterocycles. The summed E-state index contributed by atoms with van der Waals surface area (Å²) >= 11 is 1.37. The minimum absolute atomic E-state index is 0.0359. The van der Waals surface area contributed by atoms with Crippen molar-refractivity contribution in [1.82, 2.24) is 4.90 Å². The van der Waals surface area contributed by atoms with Crippen LogP contribution in [0.1, 0.15) is 12.8 Å². The van der Waals surface area contributed by atoms with Crippen LogP contribution in [0.3, 0.4) is 0 Å². The standard InChI is InChI=1S/C16H19N3O4S/c1-22-10-4-5-12(23-2)11(8-10)18-14(20)9-13-15(21)19-7-3-6-17-16(19)24-13/h4-5,8,13H,3,6-7,9H2,1-2H3,(H,18,20). The molecule has 1 aromatic carbocycles. The molecule has 0 saturated carbocycles. The van der Waals surface area contributed by atoms with Crippen molar-refractivity contribution in [2.24, 2.45) is 4.99 Å².